The molecule has 0 aromatic carbocycles. The minimum atomic E-state index is -0.809. The van der Waals surface area contributed by atoms with E-state index in [1.54, 1.807) is 0 Å². The molecule has 242 valence electrons. The first kappa shape index (κ1) is 39.8. The quantitative estimate of drug-likeness (QED) is 0.0538. The van der Waals surface area contributed by atoms with Gasteiger partial charge in [0.1, 0.15) is 6.61 Å². The Bertz CT molecular complexity index is 754. The number of hydrogen-bond acceptors (Lipinski definition) is 6. The van der Waals surface area contributed by atoms with Gasteiger partial charge in [-0.1, -0.05) is 121 Å². The summed E-state index contributed by atoms with van der Waals surface area (Å²) in [6, 6.07) is 0. The van der Waals surface area contributed by atoms with Crippen LogP contribution in [-0.2, 0) is 19.1 Å². The van der Waals surface area contributed by atoms with Crippen LogP contribution in [0.4, 0.5) is 0 Å². The first-order valence-electron chi connectivity index (χ1n) is 16.7. The number of unbranched alkanes of at least 4 members (excludes halogenated alkanes) is 6. The van der Waals surface area contributed by atoms with Gasteiger partial charge in [0.2, 0.25) is 0 Å². The van der Waals surface area contributed by atoms with Gasteiger partial charge in [0.05, 0.1) is 12.7 Å². The molecule has 0 aromatic rings. The van der Waals surface area contributed by atoms with E-state index in [1.165, 1.54) is 32.1 Å². The average molecular weight is 591 g/mol. The fourth-order valence-electron chi connectivity index (χ4n) is 4.30. The van der Waals surface area contributed by atoms with Crippen LogP contribution in [0.1, 0.15) is 136 Å². The minimum Gasteiger partial charge on any atom is -0.462 e. The van der Waals surface area contributed by atoms with Crippen molar-refractivity contribution in [3.05, 3.63) is 48.6 Å². The van der Waals surface area contributed by atoms with Gasteiger partial charge in [0.15, 0.2) is 6.10 Å². The summed E-state index contributed by atoms with van der Waals surface area (Å²) < 4.78 is 10.5. The molecule has 6 heteroatoms. The van der Waals surface area contributed by atoms with Crippen LogP contribution in [0.5, 0.6) is 0 Å². The maximum Gasteiger partial charge on any atom is 0.306 e. The smallest absolute Gasteiger partial charge is 0.306 e. The van der Waals surface area contributed by atoms with Crippen LogP contribution in [-0.4, -0.2) is 47.6 Å². The second-order valence-corrected chi connectivity index (χ2v) is 11.3. The Labute approximate surface area is 257 Å². The number of hydrogen-bond donors (Lipinski definition) is 2. The van der Waals surface area contributed by atoms with Crippen LogP contribution in [0.15, 0.2) is 48.6 Å². The van der Waals surface area contributed by atoms with Gasteiger partial charge in [-0.05, 0) is 57.3 Å². The number of carbonyl (C=O) groups excluding carboxylic acids is 2. The molecule has 0 aliphatic rings. The van der Waals surface area contributed by atoms with Crippen molar-refractivity contribution in [2.45, 2.75) is 149 Å². The van der Waals surface area contributed by atoms with Crippen molar-refractivity contribution in [1.82, 2.24) is 0 Å². The number of aliphatic hydroxyl groups excluding tert-OH is 2. The molecule has 0 bridgehead atoms. The summed E-state index contributed by atoms with van der Waals surface area (Å²) in [7, 11) is 0. The molecule has 0 amide bonds. The summed E-state index contributed by atoms with van der Waals surface area (Å²) in [5.74, 6) is 0.131. The standard InChI is InChI=1S/C36H62O6/c1-4-25-33(38)27-22-18-13-11-9-7-6-8-10-12-14-20-24-29-36(40)42-34(30-37)31-41-35(39)28-23-19-16-15-17-21-26-32(3)5-2/h6,8-9,11-12,14,18,22,32-34,37-38H,4-5,7,10,13,15-17,19-21,23-31H2,1-3H3/b8-6-,11-9-,14-12-,22-18-/t32?,33?,34-/m0/s1. The van der Waals surface area contributed by atoms with E-state index in [2.05, 4.69) is 63.3 Å². The lowest BCUT2D eigenvalue weighted by Crippen LogP contribution is -2.28. The van der Waals surface area contributed by atoms with Gasteiger partial charge in [-0.15, -0.1) is 0 Å². The number of carbonyl (C=O) groups is 2. The van der Waals surface area contributed by atoms with E-state index in [-0.39, 0.29) is 37.7 Å². The van der Waals surface area contributed by atoms with Crippen molar-refractivity contribution in [1.29, 1.82) is 0 Å². The molecule has 2 N–H and O–H groups in total. The lowest BCUT2D eigenvalue weighted by molar-refractivity contribution is -0.161. The second-order valence-electron chi connectivity index (χ2n) is 11.3. The predicted molar refractivity (Wildman–Crippen MR) is 174 cm³/mol. The van der Waals surface area contributed by atoms with Gasteiger partial charge in [-0.2, -0.15) is 0 Å². The lowest BCUT2D eigenvalue weighted by atomic mass is 10.00. The Hall–Kier alpha value is -2.18. The maximum atomic E-state index is 12.1. The molecule has 0 fully saturated rings. The van der Waals surface area contributed by atoms with Gasteiger partial charge < -0.3 is 19.7 Å². The highest BCUT2D eigenvalue weighted by atomic mass is 16.6. The third-order valence-electron chi connectivity index (χ3n) is 7.22. The highest BCUT2D eigenvalue weighted by Gasteiger charge is 2.16. The van der Waals surface area contributed by atoms with Crippen molar-refractivity contribution in [2.75, 3.05) is 13.2 Å². The number of allylic oxidation sites excluding steroid dienone is 7. The van der Waals surface area contributed by atoms with E-state index in [4.69, 9.17) is 9.47 Å². The van der Waals surface area contributed by atoms with Crippen LogP contribution in [0, 0.1) is 5.92 Å². The van der Waals surface area contributed by atoms with Gasteiger partial charge in [0.25, 0.3) is 0 Å². The molecule has 0 spiro atoms. The van der Waals surface area contributed by atoms with Crippen LogP contribution < -0.4 is 0 Å². The summed E-state index contributed by atoms with van der Waals surface area (Å²) in [6.45, 7) is 6.16. The van der Waals surface area contributed by atoms with Gasteiger partial charge in [0, 0.05) is 12.8 Å². The Morgan fingerprint density at radius 1 is 0.714 bits per heavy atom. The molecule has 0 aliphatic heterocycles. The first-order chi connectivity index (χ1) is 20.4. The summed E-state index contributed by atoms with van der Waals surface area (Å²) in [5, 5.41) is 19.2. The molecule has 0 rings (SSSR count). The molecule has 0 saturated carbocycles. The molecule has 0 saturated heterocycles. The Morgan fingerprint density at radius 3 is 1.90 bits per heavy atom. The van der Waals surface area contributed by atoms with E-state index in [1.807, 2.05) is 6.08 Å². The Balaban J connectivity index is 3.77. The molecule has 0 heterocycles. The van der Waals surface area contributed by atoms with Crippen LogP contribution in [0.25, 0.3) is 0 Å². The van der Waals surface area contributed by atoms with Crippen LogP contribution in [0.2, 0.25) is 0 Å². The van der Waals surface area contributed by atoms with E-state index in [0.717, 1.165) is 70.1 Å². The van der Waals surface area contributed by atoms with E-state index in [0.29, 0.717) is 12.8 Å². The molecule has 3 atom stereocenters. The van der Waals surface area contributed by atoms with Crippen LogP contribution >= 0.6 is 0 Å². The van der Waals surface area contributed by atoms with Gasteiger partial charge in [-0.25, -0.2) is 0 Å². The third-order valence-corrected chi connectivity index (χ3v) is 7.22. The summed E-state index contributed by atoms with van der Waals surface area (Å²) in [4.78, 5) is 24.1. The number of aliphatic hydroxyl groups is 2. The molecule has 6 nitrogen and oxygen atoms in total. The molecule has 0 radical (unpaired) electrons. The molecular formula is C36H62O6. The first-order valence-corrected chi connectivity index (χ1v) is 16.7. The molecule has 2 unspecified atom stereocenters. The van der Waals surface area contributed by atoms with Crippen molar-refractivity contribution in [3.63, 3.8) is 0 Å². The molecule has 0 aliphatic carbocycles. The highest BCUT2D eigenvalue weighted by molar-refractivity contribution is 5.70. The lowest BCUT2D eigenvalue weighted by Gasteiger charge is -2.15. The number of esters is 2. The summed E-state index contributed by atoms with van der Waals surface area (Å²) >= 11 is 0. The number of rotatable bonds is 28. The van der Waals surface area contributed by atoms with E-state index >= 15 is 0 Å². The minimum absolute atomic E-state index is 0.0992. The van der Waals surface area contributed by atoms with Crippen molar-refractivity contribution < 1.29 is 29.3 Å². The third kappa shape index (κ3) is 28.0. The zero-order chi connectivity index (χ0) is 31.1. The van der Waals surface area contributed by atoms with Gasteiger partial charge >= 0.3 is 11.9 Å². The zero-order valence-corrected chi connectivity index (χ0v) is 27.0. The normalized spacial score (nSPS) is 14.3. The maximum absolute atomic E-state index is 12.1. The fraction of sp³-hybridized carbons (Fsp3) is 0.722. The number of ether oxygens (including phenoxy) is 2. The molecular weight excluding hydrogens is 528 g/mol. The average Bonchev–Trinajstić information content (AvgIpc) is 2.98. The van der Waals surface area contributed by atoms with Crippen molar-refractivity contribution in [3.8, 4) is 0 Å². The monoisotopic (exact) mass is 590 g/mol. The van der Waals surface area contributed by atoms with Crippen LogP contribution in [0.3, 0.4) is 0 Å². The predicted octanol–water partition coefficient (Wildman–Crippen LogP) is 8.72. The Kier molecular flexibility index (Phi) is 28.7. The fourth-order valence-corrected chi connectivity index (χ4v) is 4.30. The second kappa shape index (κ2) is 30.3. The molecule has 42 heavy (non-hydrogen) atoms. The summed E-state index contributed by atoms with van der Waals surface area (Å²) in [5.41, 5.74) is 0. The highest BCUT2D eigenvalue weighted by Crippen LogP contribution is 2.14. The largest absolute Gasteiger partial charge is 0.462 e. The van der Waals surface area contributed by atoms with E-state index < -0.39 is 6.10 Å². The van der Waals surface area contributed by atoms with Gasteiger partial charge in [-0.3, -0.25) is 9.59 Å². The summed E-state index contributed by atoms with van der Waals surface area (Å²) in [6.07, 6.45) is 32.4. The zero-order valence-electron chi connectivity index (χ0n) is 27.0. The Morgan fingerprint density at radius 2 is 1.29 bits per heavy atom. The van der Waals surface area contributed by atoms with Crippen molar-refractivity contribution >= 4 is 11.9 Å². The van der Waals surface area contributed by atoms with Crippen molar-refractivity contribution in [2.24, 2.45) is 5.92 Å². The topological polar surface area (TPSA) is 93.1 Å². The van der Waals surface area contributed by atoms with E-state index in [9.17, 15) is 19.8 Å². The SMILES string of the molecule is CCCC(O)C/C=C\C/C=C\C/C=C\C/C=C\CCCC(=O)O[C@@H](CO)COC(=O)CCCCCCCCC(C)CC. The molecule has 0 aromatic heterocycles.